The molecule has 1 aromatic rings. The van der Waals surface area contributed by atoms with Crippen LogP contribution in [0.3, 0.4) is 0 Å². The van der Waals surface area contributed by atoms with Crippen molar-refractivity contribution in [1.82, 2.24) is 4.98 Å². The van der Waals surface area contributed by atoms with E-state index in [2.05, 4.69) is 10.3 Å². The Hall–Kier alpha value is -1.10. The summed E-state index contributed by atoms with van der Waals surface area (Å²) in [6.45, 7) is 2.27. The maximum Gasteiger partial charge on any atom is 0.306 e. The lowest BCUT2D eigenvalue weighted by Crippen LogP contribution is -2.05. The van der Waals surface area contributed by atoms with E-state index in [0.717, 1.165) is 10.8 Å². The number of anilines is 1. The Bertz CT molecular complexity index is 361. The van der Waals surface area contributed by atoms with Crippen LogP contribution in [0.25, 0.3) is 0 Å². The van der Waals surface area contributed by atoms with E-state index in [9.17, 15) is 4.79 Å². The molecule has 1 aliphatic rings. The fourth-order valence-electron chi connectivity index (χ4n) is 1.35. The maximum atomic E-state index is 11.1. The molecular formula is C11H16N2O2S. The largest absolute Gasteiger partial charge is 0.466 e. The van der Waals surface area contributed by atoms with Gasteiger partial charge in [0.15, 0.2) is 5.13 Å². The van der Waals surface area contributed by atoms with Gasteiger partial charge < -0.3 is 10.1 Å². The molecule has 0 unspecified atom stereocenters. The third-order valence-corrected chi connectivity index (χ3v) is 3.17. The van der Waals surface area contributed by atoms with Gasteiger partial charge in [0.25, 0.3) is 0 Å². The van der Waals surface area contributed by atoms with Crippen molar-refractivity contribution in [1.29, 1.82) is 0 Å². The molecule has 0 bridgehead atoms. The minimum absolute atomic E-state index is 0.146. The van der Waals surface area contributed by atoms with Crippen molar-refractivity contribution >= 4 is 22.4 Å². The van der Waals surface area contributed by atoms with Gasteiger partial charge >= 0.3 is 5.97 Å². The van der Waals surface area contributed by atoms with Crippen molar-refractivity contribution in [3.63, 3.8) is 0 Å². The van der Waals surface area contributed by atoms with Crippen LogP contribution in [0.2, 0.25) is 0 Å². The van der Waals surface area contributed by atoms with E-state index < -0.39 is 0 Å². The summed E-state index contributed by atoms with van der Waals surface area (Å²) in [5.41, 5.74) is 0.973. The number of rotatable bonds is 6. The van der Waals surface area contributed by atoms with Gasteiger partial charge in [-0.15, -0.1) is 11.3 Å². The number of hydrogen-bond donors (Lipinski definition) is 1. The Morgan fingerprint density at radius 2 is 2.50 bits per heavy atom. The minimum Gasteiger partial charge on any atom is -0.466 e. The lowest BCUT2D eigenvalue weighted by molar-refractivity contribution is -0.143. The number of nitrogens with zero attached hydrogens (tertiary/aromatic N) is 1. The van der Waals surface area contributed by atoms with E-state index >= 15 is 0 Å². The fraction of sp³-hybridized carbons (Fsp3) is 0.636. The number of thiazole rings is 1. The first-order valence-electron chi connectivity index (χ1n) is 5.64. The lowest BCUT2D eigenvalue weighted by atomic mass is 10.2. The van der Waals surface area contributed by atoms with Crippen molar-refractivity contribution in [2.24, 2.45) is 0 Å². The quantitative estimate of drug-likeness (QED) is 0.775. The molecule has 0 atom stereocenters. The summed E-state index contributed by atoms with van der Waals surface area (Å²) in [7, 11) is 0. The molecule has 0 aromatic carbocycles. The zero-order chi connectivity index (χ0) is 11.4. The molecule has 1 fully saturated rings. The first kappa shape index (κ1) is 11.4. The van der Waals surface area contributed by atoms with Crippen LogP contribution >= 0.6 is 11.3 Å². The van der Waals surface area contributed by atoms with Crippen LogP contribution in [-0.4, -0.2) is 23.6 Å². The highest BCUT2D eigenvalue weighted by molar-refractivity contribution is 7.13. The second kappa shape index (κ2) is 5.30. The maximum absolute atomic E-state index is 11.1. The molecule has 2 rings (SSSR count). The van der Waals surface area contributed by atoms with Gasteiger partial charge in [0.2, 0.25) is 0 Å². The van der Waals surface area contributed by atoms with E-state index in [1.165, 1.54) is 12.8 Å². The first-order valence-corrected chi connectivity index (χ1v) is 6.52. The van der Waals surface area contributed by atoms with Crippen LogP contribution < -0.4 is 5.32 Å². The number of aromatic nitrogens is 1. The monoisotopic (exact) mass is 240 g/mol. The van der Waals surface area contributed by atoms with E-state index in [4.69, 9.17) is 4.74 Å². The number of carbonyl (C=O) groups is 1. The molecule has 1 saturated carbocycles. The smallest absolute Gasteiger partial charge is 0.306 e. The second-order valence-corrected chi connectivity index (χ2v) is 4.73. The van der Waals surface area contributed by atoms with Gasteiger partial charge in [-0.3, -0.25) is 4.79 Å². The average Bonchev–Trinajstić information content (AvgIpc) is 2.94. The van der Waals surface area contributed by atoms with Crippen LogP contribution in [0.4, 0.5) is 5.13 Å². The van der Waals surface area contributed by atoms with Crippen molar-refractivity contribution in [2.75, 3.05) is 11.9 Å². The molecule has 16 heavy (non-hydrogen) atoms. The normalized spacial score (nSPS) is 14.8. The standard InChI is InChI=1S/C11H16N2O2S/c1-2-15-10(14)6-5-9-7-16-11(13-9)12-8-3-4-8/h7-8H,2-6H2,1H3,(H,12,13). The average molecular weight is 240 g/mol. The van der Waals surface area contributed by atoms with Gasteiger partial charge in [0.05, 0.1) is 18.7 Å². The molecule has 0 saturated heterocycles. The zero-order valence-electron chi connectivity index (χ0n) is 9.36. The van der Waals surface area contributed by atoms with Crippen LogP contribution in [0.5, 0.6) is 0 Å². The van der Waals surface area contributed by atoms with E-state index in [0.29, 0.717) is 25.5 Å². The number of hydrogen-bond acceptors (Lipinski definition) is 5. The van der Waals surface area contributed by atoms with Gasteiger partial charge in [-0.2, -0.15) is 0 Å². The van der Waals surface area contributed by atoms with Gasteiger partial charge in [-0.05, 0) is 19.8 Å². The summed E-state index contributed by atoms with van der Waals surface area (Å²) < 4.78 is 4.87. The molecule has 1 heterocycles. The molecular weight excluding hydrogens is 224 g/mol. The predicted octanol–water partition coefficient (Wildman–Crippen LogP) is 2.21. The number of ether oxygens (including phenoxy) is 1. The van der Waals surface area contributed by atoms with Crippen LogP contribution in [0, 0.1) is 0 Å². The van der Waals surface area contributed by atoms with Gasteiger partial charge in [0.1, 0.15) is 0 Å². The Morgan fingerprint density at radius 3 is 3.19 bits per heavy atom. The van der Waals surface area contributed by atoms with Crippen LogP contribution in [-0.2, 0) is 16.0 Å². The molecule has 88 valence electrons. The molecule has 5 heteroatoms. The Labute approximate surface area is 99.0 Å². The minimum atomic E-state index is -0.146. The van der Waals surface area contributed by atoms with Crippen LogP contribution in [0.1, 0.15) is 31.9 Å². The number of carbonyl (C=O) groups excluding carboxylic acids is 1. The van der Waals surface area contributed by atoms with Crippen LogP contribution in [0.15, 0.2) is 5.38 Å². The first-order chi connectivity index (χ1) is 7.78. The number of aryl methyl sites for hydroxylation is 1. The van der Waals surface area contributed by atoms with Crippen molar-refractivity contribution < 1.29 is 9.53 Å². The molecule has 1 aromatic heterocycles. The Balaban J connectivity index is 1.75. The molecule has 0 aliphatic heterocycles. The van der Waals surface area contributed by atoms with Crippen molar-refractivity contribution in [3.8, 4) is 0 Å². The summed E-state index contributed by atoms with van der Waals surface area (Å²) in [5, 5.41) is 6.32. The van der Waals surface area contributed by atoms with Gasteiger partial charge in [0, 0.05) is 17.8 Å². The Morgan fingerprint density at radius 1 is 1.69 bits per heavy atom. The molecule has 4 nitrogen and oxygen atoms in total. The highest BCUT2D eigenvalue weighted by Crippen LogP contribution is 2.26. The highest BCUT2D eigenvalue weighted by Gasteiger charge is 2.21. The van der Waals surface area contributed by atoms with E-state index in [1.54, 1.807) is 11.3 Å². The third kappa shape index (κ3) is 3.48. The summed E-state index contributed by atoms with van der Waals surface area (Å²) >= 11 is 1.61. The molecule has 0 amide bonds. The third-order valence-electron chi connectivity index (χ3n) is 2.35. The topological polar surface area (TPSA) is 51.2 Å². The molecule has 0 radical (unpaired) electrons. The van der Waals surface area contributed by atoms with Gasteiger partial charge in [-0.25, -0.2) is 4.98 Å². The molecule has 1 N–H and O–H groups in total. The summed E-state index contributed by atoms with van der Waals surface area (Å²) in [6, 6.07) is 0.629. The number of nitrogens with one attached hydrogen (secondary N) is 1. The summed E-state index contributed by atoms with van der Waals surface area (Å²) in [6.07, 6.45) is 3.58. The summed E-state index contributed by atoms with van der Waals surface area (Å²) in [4.78, 5) is 15.6. The SMILES string of the molecule is CCOC(=O)CCc1csc(NC2CC2)n1. The molecule has 0 spiro atoms. The van der Waals surface area contributed by atoms with Crippen molar-refractivity contribution in [2.45, 2.75) is 38.6 Å². The lowest BCUT2D eigenvalue weighted by Gasteiger charge is -1.99. The zero-order valence-corrected chi connectivity index (χ0v) is 10.2. The second-order valence-electron chi connectivity index (χ2n) is 3.87. The van der Waals surface area contributed by atoms with Gasteiger partial charge in [-0.1, -0.05) is 0 Å². The predicted molar refractivity (Wildman–Crippen MR) is 63.7 cm³/mol. The molecule has 1 aliphatic carbocycles. The Kier molecular flexibility index (Phi) is 3.77. The number of esters is 1. The van der Waals surface area contributed by atoms with E-state index in [-0.39, 0.29) is 5.97 Å². The van der Waals surface area contributed by atoms with Crippen molar-refractivity contribution in [3.05, 3.63) is 11.1 Å². The fourth-order valence-corrected chi connectivity index (χ4v) is 2.18. The van der Waals surface area contributed by atoms with E-state index in [1.807, 2.05) is 12.3 Å². The summed E-state index contributed by atoms with van der Waals surface area (Å²) in [5.74, 6) is -0.146. The highest BCUT2D eigenvalue weighted by atomic mass is 32.1.